The molecule has 0 bridgehead atoms. The molecule has 0 aliphatic heterocycles. The molecule has 1 aromatic heterocycles. The number of carbonyl (C=O) groups excluding carboxylic acids is 3. The number of aliphatic carboxylic acids is 1. The van der Waals surface area contributed by atoms with Gasteiger partial charge in [-0.3, -0.25) is 19.2 Å². The van der Waals surface area contributed by atoms with E-state index in [1.807, 2.05) is 60.7 Å². The van der Waals surface area contributed by atoms with Crippen LogP contribution in [0.2, 0.25) is 0 Å². The zero-order chi connectivity index (χ0) is 28.7. The summed E-state index contributed by atoms with van der Waals surface area (Å²) in [5.74, 6) is -1.87. The maximum atomic E-state index is 13.2. The van der Waals surface area contributed by atoms with E-state index in [-0.39, 0.29) is 31.6 Å². The third-order valence-corrected chi connectivity index (χ3v) is 6.25. The number of primary amides is 1. The molecule has 2 atom stereocenters. The number of carboxylic acids is 1. The molecule has 3 rings (SSSR count). The summed E-state index contributed by atoms with van der Waals surface area (Å²) in [7, 11) is 0. The molecule has 0 radical (unpaired) electrons. The molecule has 0 spiro atoms. The van der Waals surface area contributed by atoms with Gasteiger partial charge in [-0.05, 0) is 48.1 Å². The van der Waals surface area contributed by atoms with Crippen molar-refractivity contribution in [1.29, 1.82) is 0 Å². The normalized spacial score (nSPS) is 12.1. The first-order valence-electron chi connectivity index (χ1n) is 13.2. The summed E-state index contributed by atoms with van der Waals surface area (Å²) < 4.78 is 0. The summed E-state index contributed by atoms with van der Waals surface area (Å²) in [4.78, 5) is 53.0. The highest BCUT2D eigenvalue weighted by atomic mass is 16.4. The van der Waals surface area contributed by atoms with Crippen molar-refractivity contribution in [2.24, 2.45) is 5.73 Å². The Hall–Kier alpha value is -4.73. The lowest BCUT2D eigenvalue weighted by molar-refractivity contribution is -0.138. The predicted octanol–water partition coefficient (Wildman–Crippen LogP) is 3.41. The van der Waals surface area contributed by atoms with Gasteiger partial charge in [0.1, 0.15) is 11.9 Å². The van der Waals surface area contributed by atoms with Crippen molar-refractivity contribution in [2.75, 3.05) is 11.9 Å². The van der Waals surface area contributed by atoms with E-state index in [0.29, 0.717) is 24.9 Å². The number of carboxylic acid groups (broad SMARTS) is 1. The number of hydrogen-bond donors (Lipinski definition) is 5. The number of amides is 3. The van der Waals surface area contributed by atoms with Crippen LogP contribution in [-0.4, -0.2) is 46.4 Å². The highest BCUT2D eigenvalue weighted by molar-refractivity contribution is 5.88. The molecule has 10 nitrogen and oxygen atoms in total. The number of nitrogens with zero attached hydrogens (tertiary/aromatic N) is 1. The van der Waals surface area contributed by atoms with Gasteiger partial charge >= 0.3 is 5.97 Å². The first-order chi connectivity index (χ1) is 19.3. The van der Waals surface area contributed by atoms with Crippen molar-refractivity contribution >= 4 is 29.5 Å². The Morgan fingerprint density at radius 2 is 1.52 bits per heavy atom. The maximum Gasteiger partial charge on any atom is 0.305 e. The standard InChI is InChI=1S/C30H35N5O5/c31-26(36)17-16-24(34-28(37)11-5-7-19-33-27-10-4-6-18-32-27)30(40)35-25(20-29(38)39)23-14-12-22(13-15-23)21-8-2-1-3-9-21/h1-4,6,8-10,12-15,18,24-25H,5,7,11,16-17,19-20H2,(H2,31,36)(H,32,33)(H,34,37)(H,35,40)(H,38,39)/t24-,25?/m1/s1. The van der Waals surface area contributed by atoms with Crippen LogP contribution < -0.4 is 21.7 Å². The van der Waals surface area contributed by atoms with Crippen LogP contribution >= 0.6 is 0 Å². The summed E-state index contributed by atoms with van der Waals surface area (Å²) in [6, 6.07) is 20.7. The van der Waals surface area contributed by atoms with Crippen LogP contribution in [0, 0.1) is 0 Å². The Kier molecular flexibility index (Phi) is 11.6. The van der Waals surface area contributed by atoms with Crippen molar-refractivity contribution in [3.8, 4) is 11.1 Å². The average Bonchev–Trinajstić information content (AvgIpc) is 2.95. The smallest absolute Gasteiger partial charge is 0.305 e. The maximum absolute atomic E-state index is 13.2. The minimum absolute atomic E-state index is 0.000868. The fourth-order valence-electron chi connectivity index (χ4n) is 4.15. The third-order valence-electron chi connectivity index (χ3n) is 6.25. The van der Waals surface area contributed by atoms with Crippen molar-refractivity contribution in [1.82, 2.24) is 15.6 Å². The lowest BCUT2D eigenvalue weighted by Crippen LogP contribution is -2.48. The average molecular weight is 546 g/mol. The topological polar surface area (TPSA) is 164 Å². The van der Waals surface area contributed by atoms with Crippen LogP contribution in [0.15, 0.2) is 79.0 Å². The van der Waals surface area contributed by atoms with E-state index in [1.165, 1.54) is 0 Å². The fraction of sp³-hybridized carbons (Fsp3) is 0.300. The quantitative estimate of drug-likeness (QED) is 0.172. The van der Waals surface area contributed by atoms with Gasteiger partial charge in [-0.1, -0.05) is 60.7 Å². The molecule has 0 saturated heterocycles. The zero-order valence-electron chi connectivity index (χ0n) is 22.2. The molecule has 3 aromatic rings. The second-order valence-electron chi connectivity index (χ2n) is 9.37. The fourth-order valence-corrected chi connectivity index (χ4v) is 4.15. The molecular formula is C30H35N5O5. The van der Waals surface area contributed by atoms with Gasteiger partial charge in [0.25, 0.3) is 0 Å². The molecule has 10 heteroatoms. The highest BCUT2D eigenvalue weighted by Crippen LogP contribution is 2.23. The number of rotatable bonds is 16. The second-order valence-corrected chi connectivity index (χ2v) is 9.37. The Morgan fingerprint density at radius 1 is 0.825 bits per heavy atom. The molecule has 40 heavy (non-hydrogen) atoms. The second kappa shape index (κ2) is 15.6. The van der Waals surface area contributed by atoms with Crippen LogP contribution in [0.25, 0.3) is 11.1 Å². The molecule has 1 unspecified atom stereocenters. The van der Waals surface area contributed by atoms with Crippen molar-refractivity contribution in [3.05, 3.63) is 84.6 Å². The Bertz CT molecular complexity index is 1250. The molecule has 0 aliphatic rings. The van der Waals surface area contributed by atoms with Crippen LogP contribution in [0.3, 0.4) is 0 Å². The van der Waals surface area contributed by atoms with Gasteiger partial charge in [0, 0.05) is 25.6 Å². The molecule has 6 N–H and O–H groups in total. The van der Waals surface area contributed by atoms with E-state index >= 15 is 0 Å². The van der Waals surface area contributed by atoms with E-state index in [4.69, 9.17) is 5.73 Å². The summed E-state index contributed by atoms with van der Waals surface area (Å²) in [6.45, 7) is 0.635. The van der Waals surface area contributed by atoms with Crippen LogP contribution in [0.1, 0.15) is 50.1 Å². The number of anilines is 1. The monoisotopic (exact) mass is 545 g/mol. The molecule has 0 fully saturated rings. The summed E-state index contributed by atoms with van der Waals surface area (Å²) in [5.41, 5.74) is 7.85. The summed E-state index contributed by atoms with van der Waals surface area (Å²) >= 11 is 0. The van der Waals surface area contributed by atoms with Crippen molar-refractivity contribution in [3.63, 3.8) is 0 Å². The lowest BCUT2D eigenvalue weighted by Gasteiger charge is -2.23. The van der Waals surface area contributed by atoms with Crippen LogP contribution in [-0.2, 0) is 19.2 Å². The predicted molar refractivity (Wildman–Crippen MR) is 152 cm³/mol. The summed E-state index contributed by atoms with van der Waals surface area (Å²) in [5, 5.41) is 18.1. The SMILES string of the molecule is NC(=O)CC[C@@H](NC(=O)CCCCNc1ccccn1)C(=O)NC(CC(=O)O)c1ccc(-c2ccccc2)cc1. The van der Waals surface area contributed by atoms with E-state index in [9.17, 15) is 24.3 Å². The Morgan fingerprint density at radius 3 is 2.17 bits per heavy atom. The van der Waals surface area contributed by atoms with Crippen LogP contribution in [0.4, 0.5) is 5.82 Å². The molecule has 3 amide bonds. The van der Waals surface area contributed by atoms with Crippen LogP contribution in [0.5, 0.6) is 0 Å². The van der Waals surface area contributed by atoms with Gasteiger partial charge in [-0.2, -0.15) is 0 Å². The van der Waals surface area contributed by atoms with Crippen molar-refractivity contribution in [2.45, 2.75) is 50.6 Å². The summed E-state index contributed by atoms with van der Waals surface area (Å²) in [6.07, 6.45) is 2.70. The van der Waals surface area contributed by atoms with Crippen molar-refractivity contribution < 1.29 is 24.3 Å². The first kappa shape index (κ1) is 29.8. The number of nitrogens with one attached hydrogen (secondary N) is 3. The minimum atomic E-state index is -1.09. The molecule has 210 valence electrons. The number of unbranched alkanes of at least 4 members (excludes halogenated alkanes) is 1. The van der Waals surface area contributed by atoms with Gasteiger partial charge in [-0.25, -0.2) is 4.98 Å². The Labute approximate surface area is 233 Å². The van der Waals surface area contributed by atoms with E-state index in [2.05, 4.69) is 20.9 Å². The molecular weight excluding hydrogens is 510 g/mol. The number of pyridine rings is 1. The number of carbonyl (C=O) groups is 4. The van der Waals surface area contributed by atoms with Gasteiger partial charge in [0.05, 0.1) is 12.5 Å². The molecule has 0 aliphatic carbocycles. The largest absolute Gasteiger partial charge is 0.481 e. The highest BCUT2D eigenvalue weighted by Gasteiger charge is 2.25. The molecule has 2 aromatic carbocycles. The van der Waals surface area contributed by atoms with Gasteiger partial charge in [0.15, 0.2) is 0 Å². The van der Waals surface area contributed by atoms with Gasteiger partial charge in [-0.15, -0.1) is 0 Å². The molecule has 1 heterocycles. The number of hydrogen-bond acceptors (Lipinski definition) is 6. The van der Waals surface area contributed by atoms with E-state index < -0.39 is 29.9 Å². The minimum Gasteiger partial charge on any atom is -0.481 e. The van der Waals surface area contributed by atoms with Gasteiger partial charge in [0.2, 0.25) is 17.7 Å². The first-order valence-corrected chi connectivity index (χ1v) is 13.2. The van der Waals surface area contributed by atoms with E-state index in [0.717, 1.165) is 16.9 Å². The third kappa shape index (κ3) is 10.2. The number of nitrogens with two attached hydrogens (primary N) is 1. The number of benzene rings is 2. The number of aromatic nitrogens is 1. The molecule has 0 saturated carbocycles. The zero-order valence-corrected chi connectivity index (χ0v) is 22.2. The van der Waals surface area contributed by atoms with E-state index in [1.54, 1.807) is 18.3 Å². The Balaban J connectivity index is 1.59. The lowest BCUT2D eigenvalue weighted by atomic mass is 9.98. The van der Waals surface area contributed by atoms with Gasteiger partial charge < -0.3 is 26.8 Å².